The van der Waals surface area contributed by atoms with Gasteiger partial charge in [0.1, 0.15) is 0 Å². The highest BCUT2D eigenvalue weighted by molar-refractivity contribution is 5.98. The number of hydrogen-bond acceptors (Lipinski definition) is 5. The lowest BCUT2D eigenvalue weighted by atomic mass is 9.87. The fourth-order valence-corrected chi connectivity index (χ4v) is 3.49. The summed E-state index contributed by atoms with van der Waals surface area (Å²) in [5.74, 6) is -1.77. The molecule has 2 aromatic carbocycles. The summed E-state index contributed by atoms with van der Waals surface area (Å²) in [5, 5.41) is 30.7. The van der Waals surface area contributed by atoms with Crippen LogP contribution < -0.4 is 0 Å². The minimum absolute atomic E-state index is 0.00569. The second-order valence-corrected chi connectivity index (χ2v) is 6.82. The second kappa shape index (κ2) is 8.18. The molecule has 1 atom stereocenters. The predicted octanol–water partition coefficient (Wildman–Crippen LogP) is 2.88. The summed E-state index contributed by atoms with van der Waals surface area (Å²) in [4.78, 5) is 35.8. The molecule has 0 bridgehead atoms. The van der Waals surface area contributed by atoms with Crippen LogP contribution in [0.4, 0.5) is 5.69 Å². The molecule has 8 nitrogen and oxygen atoms in total. The maximum atomic E-state index is 12.7. The molecule has 1 aliphatic heterocycles. The molecular weight excluding hydrogens is 364 g/mol. The second-order valence-electron chi connectivity index (χ2n) is 6.82. The van der Waals surface area contributed by atoms with Crippen molar-refractivity contribution in [3.63, 3.8) is 0 Å². The number of aromatic carboxylic acids is 1. The monoisotopic (exact) mass is 384 g/mol. The van der Waals surface area contributed by atoms with E-state index in [1.54, 1.807) is 4.90 Å². The van der Waals surface area contributed by atoms with Crippen LogP contribution >= 0.6 is 0 Å². The highest BCUT2D eigenvalue weighted by atomic mass is 16.6. The summed E-state index contributed by atoms with van der Waals surface area (Å²) in [7, 11) is 0. The summed E-state index contributed by atoms with van der Waals surface area (Å²) >= 11 is 0. The van der Waals surface area contributed by atoms with Crippen LogP contribution in [0.3, 0.4) is 0 Å². The van der Waals surface area contributed by atoms with E-state index in [0.29, 0.717) is 25.9 Å². The van der Waals surface area contributed by atoms with Crippen LogP contribution in [0.25, 0.3) is 0 Å². The number of nitrogens with zero attached hydrogens (tertiary/aromatic N) is 2. The van der Waals surface area contributed by atoms with Crippen LogP contribution in [0.1, 0.15) is 45.2 Å². The average molecular weight is 384 g/mol. The average Bonchev–Trinajstić information content (AvgIpc) is 2.73. The number of non-ortho nitro benzene ring substituents is 1. The van der Waals surface area contributed by atoms with E-state index in [-0.39, 0.29) is 17.0 Å². The molecule has 28 heavy (non-hydrogen) atoms. The first-order valence-electron chi connectivity index (χ1n) is 8.92. The molecule has 1 fully saturated rings. The van der Waals surface area contributed by atoms with Crippen molar-refractivity contribution in [1.29, 1.82) is 0 Å². The van der Waals surface area contributed by atoms with Gasteiger partial charge in [-0.2, -0.15) is 0 Å². The van der Waals surface area contributed by atoms with Gasteiger partial charge >= 0.3 is 5.97 Å². The van der Waals surface area contributed by atoms with Crippen molar-refractivity contribution >= 4 is 17.6 Å². The lowest BCUT2D eigenvalue weighted by Crippen LogP contribution is -2.39. The van der Waals surface area contributed by atoms with Crippen LogP contribution in [0.2, 0.25) is 0 Å². The molecule has 8 heteroatoms. The largest absolute Gasteiger partial charge is 0.478 e. The molecule has 1 aliphatic rings. The number of likely N-dealkylation sites (tertiary alicyclic amines) is 1. The molecule has 0 aromatic heterocycles. The third-order valence-corrected chi connectivity index (χ3v) is 5.04. The number of aliphatic hydroxyl groups excluding tert-OH is 1. The molecular formula is C20H20N2O6. The van der Waals surface area contributed by atoms with Crippen molar-refractivity contribution in [3.8, 4) is 0 Å². The number of rotatable bonds is 5. The van der Waals surface area contributed by atoms with Crippen LogP contribution in [0, 0.1) is 16.0 Å². The Morgan fingerprint density at radius 1 is 1.07 bits per heavy atom. The van der Waals surface area contributed by atoms with E-state index in [0.717, 1.165) is 23.8 Å². The van der Waals surface area contributed by atoms with Crippen LogP contribution in [-0.2, 0) is 0 Å². The Bertz CT molecular complexity index is 859. The van der Waals surface area contributed by atoms with Crippen molar-refractivity contribution in [1.82, 2.24) is 4.90 Å². The quantitative estimate of drug-likeness (QED) is 0.604. The normalized spacial score (nSPS) is 15.8. The Morgan fingerprint density at radius 2 is 1.68 bits per heavy atom. The Balaban J connectivity index is 1.71. The maximum Gasteiger partial charge on any atom is 0.335 e. The van der Waals surface area contributed by atoms with Gasteiger partial charge in [0.25, 0.3) is 11.6 Å². The predicted molar refractivity (Wildman–Crippen MR) is 100 cm³/mol. The Labute approximate surface area is 161 Å². The van der Waals surface area contributed by atoms with Gasteiger partial charge in [0, 0.05) is 30.8 Å². The molecule has 1 unspecified atom stereocenters. The lowest BCUT2D eigenvalue weighted by molar-refractivity contribution is -0.384. The zero-order valence-electron chi connectivity index (χ0n) is 15.0. The summed E-state index contributed by atoms with van der Waals surface area (Å²) in [6.07, 6.45) is 0.556. The minimum Gasteiger partial charge on any atom is -0.478 e. The van der Waals surface area contributed by atoms with E-state index in [2.05, 4.69) is 0 Å². The van der Waals surface area contributed by atoms with Crippen molar-refractivity contribution in [3.05, 3.63) is 75.3 Å². The van der Waals surface area contributed by atoms with Crippen LogP contribution in [0.15, 0.2) is 48.5 Å². The molecule has 0 radical (unpaired) electrons. The van der Waals surface area contributed by atoms with E-state index >= 15 is 0 Å². The highest BCUT2D eigenvalue weighted by Gasteiger charge is 2.29. The number of carbonyl (C=O) groups excluding carboxylic acids is 1. The standard InChI is InChI=1S/C20H20N2O6/c23-18(13-4-2-1-3-5-13)14-6-8-21(9-7-14)19(24)15-10-16(20(25)26)12-17(11-15)22(27)28/h1-5,10-12,14,18,23H,6-9H2,(H,25,26). The Kier molecular flexibility index (Phi) is 5.70. The van der Waals surface area contributed by atoms with Gasteiger partial charge in [-0.25, -0.2) is 4.79 Å². The van der Waals surface area contributed by atoms with E-state index < -0.39 is 28.6 Å². The van der Waals surface area contributed by atoms with E-state index in [9.17, 15) is 24.8 Å². The van der Waals surface area contributed by atoms with Crippen LogP contribution in [-0.4, -0.2) is 45.0 Å². The number of hydrogen-bond donors (Lipinski definition) is 2. The Hall–Kier alpha value is -3.26. The van der Waals surface area contributed by atoms with Crippen molar-refractivity contribution in [2.75, 3.05) is 13.1 Å². The SMILES string of the molecule is O=C(O)c1cc(C(=O)N2CCC(C(O)c3ccccc3)CC2)cc([N+](=O)[O-])c1. The first kappa shape index (κ1) is 19.5. The molecule has 2 aromatic rings. The molecule has 1 amide bonds. The van der Waals surface area contributed by atoms with Gasteiger partial charge in [-0.05, 0) is 30.4 Å². The van der Waals surface area contributed by atoms with Gasteiger partial charge in [-0.3, -0.25) is 14.9 Å². The summed E-state index contributed by atoms with van der Waals surface area (Å²) in [6, 6.07) is 12.5. The minimum atomic E-state index is -1.33. The number of carboxylic acids is 1. The maximum absolute atomic E-state index is 12.7. The first-order chi connectivity index (χ1) is 13.4. The Morgan fingerprint density at radius 3 is 2.25 bits per heavy atom. The fourth-order valence-electron chi connectivity index (χ4n) is 3.49. The van der Waals surface area contributed by atoms with Gasteiger partial charge < -0.3 is 15.1 Å². The number of aliphatic hydroxyl groups is 1. The lowest BCUT2D eigenvalue weighted by Gasteiger charge is -2.34. The number of nitro groups is 1. The van der Waals surface area contributed by atoms with Crippen LogP contribution in [0.5, 0.6) is 0 Å². The van der Waals surface area contributed by atoms with Gasteiger partial charge in [0.15, 0.2) is 0 Å². The number of benzene rings is 2. The molecule has 0 saturated carbocycles. The van der Waals surface area contributed by atoms with E-state index in [4.69, 9.17) is 5.11 Å². The van der Waals surface area contributed by atoms with Gasteiger partial charge in [0.05, 0.1) is 16.6 Å². The van der Waals surface area contributed by atoms with E-state index in [1.165, 1.54) is 0 Å². The number of carboxylic acid groups (broad SMARTS) is 1. The molecule has 1 saturated heterocycles. The third kappa shape index (κ3) is 4.17. The van der Waals surface area contributed by atoms with Crippen molar-refractivity contribution < 1.29 is 24.7 Å². The van der Waals surface area contributed by atoms with Crippen molar-refractivity contribution in [2.45, 2.75) is 18.9 Å². The topological polar surface area (TPSA) is 121 Å². The number of nitro benzene ring substituents is 1. The molecule has 0 spiro atoms. The molecule has 3 rings (SSSR count). The van der Waals surface area contributed by atoms with E-state index in [1.807, 2.05) is 30.3 Å². The summed E-state index contributed by atoms with van der Waals surface area (Å²) < 4.78 is 0. The fraction of sp³-hybridized carbons (Fsp3) is 0.300. The highest BCUT2D eigenvalue weighted by Crippen LogP contribution is 2.31. The first-order valence-corrected chi connectivity index (χ1v) is 8.92. The zero-order chi connectivity index (χ0) is 20.3. The van der Waals surface area contributed by atoms with Gasteiger partial charge in [-0.1, -0.05) is 30.3 Å². The zero-order valence-corrected chi connectivity index (χ0v) is 15.0. The third-order valence-electron chi connectivity index (χ3n) is 5.04. The smallest absolute Gasteiger partial charge is 0.335 e. The number of carbonyl (C=O) groups is 2. The summed E-state index contributed by atoms with van der Waals surface area (Å²) in [5.41, 5.74) is 0.0790. The molecule has 1 heterocycles. The molecule has 2 N–H and O–H groups in total. The number of piperidine rings is 1. The number of amides is 1. The van der Waals surface area contributed by atoms with Crippen molar-refractivity contribution in [2.24, 2.45) is 5.92 Å². The summed E-state index contributed by atoms with van der Waals surface area (Å²) in [6.45, 7) is 0.775. The van der Waals surface area contributed by atoms with Gasteiger partial charge in [0.2, 0.25) is 0 Å². The van der Waals surface area contributed by atoms with Gasteiger partial charge in [-0.15, -0.1) is 0 Å². The molecule has 146 valence electrons. The molecule has 0 aliphatic carbocycles.